The molecule has 0 aliphatic rings. The van der Waals surface area contributed by atoms with Gasteiger partial charge in [-0.1, -0.05) is 27.2 Å². The first kappa shape index (κ1) is 9.30. The minimum absolute atomic E-state index is 0.697. The monoisotopic (exact) mass is 166 g/mol. The standard InChI is InChI=1S/C10H18N2/c1-4-5-9-7-10(12-11-9)6-8(2)3/h7-8H,4-6H2,1-3H3,(H,11,12). The summed E-state index contributed by atoms with van der Waals surface area (Å²) < 4.78 is 0. The van der Waals surface area contributed by atoms with Crippen LogP contribution in [0.4, 0.5) is 0 Å². The minimum atomic E-state index is 0.697. The van der Waals surface area contributed by atoms with Gasteiger partial charge in [-0.05, 0) is 24.8 Å². The molecule has 0 radical (unpaired) electrons. The number of rotatable bonds is 4. The fourth-order valence-corrected chi connectivity index (χ4v) is 1.33. The largest absolute Gasteiger partial charge is 0.282 e. The highest BCUT2D eigenvalue weighted by Crippen LogP contribution is 2.07. The van der Waals surface area contributed by atoms with Crippen molar-refractivity contribution >= 4 is 0 Å². The van der Waals surface area contributed by atoms with Crippen molar-refractivity contribution in [2.75, 3.05) is 0 Å². The van der Waals surface area contributed by atoms with E-state index in [1.54, 1.807) is 0 Å². The molecule has 0 amide bonds. The van der Waals surface area contributed by atoms with E-state index in [-0.39, 0.29) is 0 Å². The van der Waals surface area contributed by atoms with E-state index in [1.165, 1.54) is 17.8 Å². The molecule has 0 fully saturated rings. The van der Waals surface area contributed by atoms with Gasteiger partial charge in [0.15, 0.2) is 0 Å². The summed E-state index contributed by atoms with van der Waals surface area (Å²) in [6, 6.07) is 2.18. The Bertz CT molecular complexity index is 225. The fourth-order valence-electron chi connectivity index (χ4n) is 1.33. The molecule has 1 rings (SSSR count). The molecule has 1 heterocycles. The highest BCUT2D eigenvalue weighted by atomic mass is 15.1. The number of nitrogens with one attached hydrogen (secondary N) is 1. The zero-order valence-electron chi connectivity index (χ0n) is 8.22. The summed E-state index contributed by atoms with van der Waals surface area (Å²) in [6.07, 6.45) is 3.38. The molecule has 2 nitrogen and oxygen atoms in total. The first-order valence-electron chi connectivity index (χ1n) is 4.75. The quantitative estimate of drug-likeness (QED) is 0.731. The number of aromatic amines is 1. The number of aryl methyl sites for hydroxylation is 1. The van der Waals surface area contributed by atoms with Crippen molar-refractivity contribution < 1.29 is 0 Å². The van der Waals surface area contributed by atoms with Crippen molar-refractivity contribution in [3.8, 4) is 0 Å². The fraction of sp³-hybridized carbons (Fsp3) is 0.700. The maximum Gasteiger partial charge on any atom is 0.0627 e. The van der Waals surface area contributed by atoms with Crippen molar-refractivity contribution in [1.82, 2.24) is 10.2 Å². The van der Waals surface area contributed by atoms with Gasteiger partial charge in [-0.3, -0.25) is 5.10 Å². The van der Waals surface area contributed by atoms with Crippen LogP contribution in [-0.2, 0) is 12.8 Å². The van der Waals surface area contributed by atoms with E-state index >= 15 is 0 Å². The summed E-state index contributed by atoms with van der Waals surface area (Å²) in [7, 11) is 0. The summed E-state index contributed by atoms with van der Waals surface area (Å²) in [5.74, 6) is 0.697. The average Bonchev–Trinajstić information content (AvgIpc) is 2.36. The normalized spacial score (nSPS) is 11.0. The van der Waals surface area contributed by atoms with Gasteiger partial charge in [-0.15, -0.1) is 0 Å². The molecule has 1 aromatic rings. The van der Waals surface area contributed by atoms with Crippen molar-refractivity contribution in [3.63, 3.8) is 0 Å². The molecule has 0 aromatic carbocycles. The van der Waals surface area contributed by atoms with E-state index in [9.17, 15) is 0 Å². The van der Waals surface area contributed by atoms with E-state index in [0.717, 1.165) is 12.8 Å². The molecular formula is C10H18N2. The van der Waals surface area contributed by atoms with E-state index in [1.807, 2.05) is 0 Å². The number of hydrogen-bond acceptors (Lipinski definition) is 1. The van der Waals surface area contributed by atoms with Crippen LogP contribution in [0.2, 0.25) is 0 Å². The molecule has 0 saturated carbocycles. The summed E-state index contributed by atoms with van der Waals surface area (Å²) in [6.45, 7) is 6.62. The number of nitrogens with zero attached hydrogens (tertiary/aromatic N) is 1. The maximum atomic E-state index is 4.25. The second kappa shape index (κ2) is 4.29. The molecule has 12 heavy (non-hydrogen) atoms. The van der Waals surface area contributed by atoms with Crippen LogP contribution in [0.5, 0.6) is 0 Å². The molecule has 1 aromatic heterocycles. The van der Waals surface area contributed by atoms with Crippen LogP contribution in [0.25, 0.3) is 0 Å². The van der Waals surface area contributed by atoms with E-state index in [2.05, 4.69) is 37.0 Å². The summed E-state index contributed by atoms with van der Waals surface area (Å²) >= 11 is 0. The Morgan fingerprint density at radius 2 is 2.25 bits per heavy atom. The molecule has 0 aliphatic heterocycles. The molecule has 1 N–H and O–H groups in total. The Balaban J connectivity index is 2.52. The Morgan fingerprint density at radius 3 is 2.83 bits per heavy atom. The average molecular weight is 166 g/mol. The first-order valence-corrected chi connectivity index (χ1v) is 4.75. The molecule has 0 spiro atoms. The number of hydrogen-bond donors (Lipinski definition) is 1. The van der Waals surface area contributed by atoms with Crippen LogP contribution < -0.4 is 0 Å². The molecule has 0 aliphatic carbocycles. The van der Waals surface area contributed by atoms with Gasteiger partial charge in [0.1, 0.15) is 0 Å². The van der Waals surface area contributed by atoms with Crippen LogP contribution in [0.3, 0.4) is 0 Å². The Labute approximate surface area is 74.4 Å². The third-order valence-electron chi connectivity index (χ3n) is 1.82. The summed E-state index contributed by atoms with van der Waals surface area (Å²) in [5, 5.41) is 7.31. The third kappa shape index (κ3) is 2.68. The molecule has 0 atom stereocenters. The molecule has 2 heteroatoms. The summed E-state index contributed by atoms with van der Waals surface area (Å²) in [4.78, 5) is 0. The predicted octanol–water partition coefficient (Wildman–Crippen LogP) is 2.56. The zero-order valence-corrected chi connectivity index (χ0v) is 8.22. The van der Waals surface area contributed by atoms with Crippen molar-refractivity contribution in [1.29, 1.82) is 0 Å². The van der Waals surface area contributed by atoms with Gasteiger partial charge < -0.3 is 0 Å². The van der Waals surface area contributed by atoms with Crippen molar-refractivity contribution in [2.45, 2.75) is 40.0 Å². The highest BCUT2D eigenvalue weighted by molar-refractivity contribution is 5.08. The lowest BCUT2D eigenvalue weighted by molar-refractivity contribution is 0.633. The van der Waals surface area contributed by atoms with Crippen LogP contribution >= 0.6 is 0 Å². The number of aromatic nitrogens is 2. The van der Waals surface area contributed by atoms with E-state index in [0.29, 0.717) is 5.92 Å². The van der Waals surface area contributed by atoms with Gasteiger partial charge in [-0.25, -0.2) is 0 Å². The van der Waals surface area contributed by atoms with Gasteiger partial charge in [0, 0.05) is 5.69 Å². The molecule has 68 valence electrons. The first-order chi connectivity index (χ1) is 5.72. The van der Waals surface area contributed by atoms with Crippen LogP contribution in [-0.4, -0.2) is 10.2 Å². The minimum Gasteiger partial charge on any atom is -0.282 e. The second-order valence-corrected chi connectivity index (χ2v) is 3.73. The Kier molecular flexibility index (Phi) is 3.32. The van der Waals surface area contributed by atoms with Gasteiger partial charge in [0.05, 0.1) is 5.69 Å². The lowest BCUT2D eigenvalue weighted by Crippen LogP contribution is -1.93. The summed E-state index contributed by atoms with van der Waals surface area (Å²) in [5.41, 5.74) is 2.47. The lowest BCUT2D eigenvalue weighted by Gasteiger charge is -1.97. The lowest BCUT2D eigenvalue weighted by atomic mass is 10.1. The highest BCUT2D eigenvalue weighted by Gasteiger charge is 2.02. The predicted molar refractivity (Wildman–Crippen MR) is 51.1 cm³/mol. The molecular weight excluding hydrogens is 148 g/mol. The van der Waals surface area contributed by atoms with Crippen molar-refractivity contribution in [2.24, 2.45) is 5.92 Å². The SMILES string of the molecule is CCCc1cc(CC(C)C)n[nH]1. The Hall–Kier alpha value is -0.790. The second-order valence-electron chi connectivity index (χ2n) is 3.73. The van der Waals surface area contributed by atoms with Crippen LogP contribution in [0.15, 0.2) is 6.07 Å². The maximum absolute atomic E-state index is 4.25. The number of H-pyrrole nitrogens is 1. The zero-order chi connectivity index (χ0) is 8.97. The Morgan fingerprint density at radius 1 is 1.50 bits per heavy atom. The van der Waals surface area contributed by atoms with Gasteiger partial charge in [0.25, 0.3) is 0 Å². The van der Waals surface area contributed by atoms with Gasteiger partial charge >= 0.3 is 0 Å². The van der Waals surface area contributed by atoms with Crippen LogP contribution in [0, 0.1) is 5.92 Å². The topological polar surface area (TPSA) is 28.7 Å². The van der Waals surface area contributed by atoms with Gasteiger partial charge in [0.2, 0.25) is 0 Å². The molecule has 0 bridgehead atoms. The smallest absolute Gasteiger partial charge is 0.0627 e. The van der Waals surface area contributed by atoms with Crippen LogP contribution in [0.1, 0.15) is 38.6 Å². The molecule has 0 saturated heterocycles. The third-order valence-corrected chi connectivity index (χ3v) is 1.82. The van der Waals surface area contributed by atoms with Gasteiger partial charge in [-0.2, -0.15) is 5.10 Å². The van der Waals surface area contributed by atoms with E-state index < -0.39 is 0 Å². The molecule has 0 unspecified atom stereocenters. The van der Waals surface area contributed by atoms with E-state index in [4.69, 9.17) is 0 Å². The van der Waals surface area contributed by atoms with Crippen molar-refractivity contribution in [3.05, 3.63) is 17.5 Å².